The van der Waals surface area contributed by atoms with Crippen molar-refractivity contribution in [1.82, 2.24) is 0 Å². The van der Waals surface area contributed by atoms with Gasteiger partial charge in [-0.15, -0.1) is 0 Å². The van der Waals surface area contributed by atoms with Crippen LogP contribution in [-0.2, 0) is 9.47 Å². The first-order valence-electron chi connectivity index (χ1n) is 5.47. The summed E-state index contributed by atoms with van der Waals surface area (Å²) in [6, 6.07) is 0. The van der Waals surface area contributed by atoms with Crippen molar-refractivity contribution in [3.05, 3.63) is 11.6 Å². The van der Waals surface area contributed by atoms with Gasteiger partial charge in [0.2, 0.25) is 0 Å². The minimum Gasteiger partial charge on any atom is -0.350 e. The van der Waals surface area contributed by atoms with Crippen LogP contribution in [0.3, 0.4) is 0 Å². The van der Waals surface area contributed by atoms with Gasteiger partial charge in [-0.25, -0.2) is 0 Å². The molecule has 1 rings (SSSR count). The second kappa shape index (κ2) is 4.94. The Morgan fingerprint density at radius 1 is 1.50 bits per heavy atom. The van der Waals surface area contributed by atoms with Crippen LogP contribution in [0.15, 0.2) is 11.6 Å². The van der Waals surface area contributed by atoms with E-state index in [1.54, 1.807) is 0 Å². The molecule has 0 aromatic rings. The SMILES string of the molecule is CC(C)=CCC[C@]1(C)OCC[C@H](C)O1. The quantitative estimate of drug-likeness (QED) is 0.648. The number of hydrogen-bond acceptors (Lipinski definition) is 2. The molecule has 0 amide bonds. The zero-order valence-electron chi connectivity index (χ0n) is 9.80. The van der Waals surface area contributed by atoms with E-state index in [1.165, 1.54) is 5.57 Å². The molecule has 82 valence electrons. The van der Waals surface area contributed by atoms with Gasteiger partial charge in [-0.05, 0) is 40.5 Å². The Bertz CT molecular complexity index is 206. The topological polar surface area (TPSA) is 18.5 Å². The highest BCUT2D eigenvalue weighted by Gasteiger charge is 2.31. The zero-order valence-corrected chi connectivity index (χ0v) is 9.80. The molecular formula is C12H22O2. The maximum Gasteiger partial charge on any atom is 0.166 e. The lowest BCUT2D eigenvalue weighted by Crippen LogP contribution is -2.41. The highest BCUT2D eigenvalue weighted by Crippen LogP contribution is 2.27. The molecule has 1 aliphatic rings. The van der Waals surface area contributed by atoms with Crippen LogP contribution in [0.4, 0.5) is 0 Å². The van der Waals surface area contributed by atoms with Gasteiger partial charge >= 0.3 is 0 Å². The molecule has 0 bridgehead atoms. The molecule has 0 aromatic carbocycles. The van der Waals surface area contributed by atoms with E-state index < -0.39 is 0 Å². The van der Waals surface area contributed by atoms with Crippen LogP contribution in [0.25, 0.3) is 0 Å². The number of hydrogen-bond donors (Lipinski definition) is 0. The highest BCUT2D eigenvalue weighted by molar-refractivity contribution is 4.93. The Labute approximate surface area is 87.3 Å². The average molecular weight is 198 g/mol. The number of rotatable bonds is 3. The van der Waals surface area contributed by atoms with Crippen LogP contribution < -0.4 is 0 Å². The maximum absolute atomic E-state index is 5.80. The first-order chi connectivity index (χ1) is 6.52. The third-order valence-corrected chi connectivity index (χ3v) is 2.53. The molecule has 0 saturated carbocycles. The smallest absolute Gasteiger partial charge is 0.166 e. The number of ether oxygens (including phenoxy) is 2. The molecule has 0 aliphatic carbocycles. The Morgan fingerprint density at radius 2 is 2.21 bits per heavy atom. The van der Waals surface area contributed by atoms with Crippen molar-refractivity contribution in [3.8, 4) is 0 Å². The molecule has 0 N–H and O–H groups in total. The Morgan fingerprint density at radius 3 is 2.79 bits per heavy atom. The summed E-state index contributed by atoms with van der Waals surface area (Å²) in [4.78, 5) is 0. The minimum absolute atomic E-state index is 0.334. The van der Waals surface area contributed by atoms with Crippen LogP contribution in [-0.4, -0.2) is 18.5 Å². The second-order valence-electron chi connectivity index (χ2n) is 4.52. The zero-order chi connectivity index (χ0) is 10.6. The van der Waals surface area contributed by atoms with Gasteiger partial charge in [0.05, 0.1) is 12.7 Å². The van der Waals surface area contributed by atoms with Crippen molar-refractivity contribution in [1.29, 1.82) is 0 Å². The van der Waals surface area contributed by atoms with E-state index >= 15 is 0 Å². The van der Waals surface area contributed by atoms with E-state index in [0.717, 1.165) is 25.9 Å². The standard InChI is InChI=1S/C12H22O2/c1-10(2)6-5-8-12(4)13-9-7-11(3)14-12/h6,11H,5,7-9H2,1-4H3/t11-,12+/m0/s1. The summed E-state index contributed by atoms with van der Waals surface area (Å²) in [7, 11) is 0. The van der Waals surface area contributed by atoms with Crippen molar-refractivity contribution in [2.75, 3.05) is 6.61 Å². The summed E-state index contributed by atoms with van der Waals surface area (Å²) in [5, 5.41) is 0. The Hall–Kier alpha value is -0.340. The van der Waals surface area contributed by atoms with E-state index in [1.807, 2.05) is 6.92 Å². The normalized spacial score (nSPS) is 32.7. The summed E-state index contributed by atoms with van der Waals surface area (Å²) in [6.07, 6.45) is 5.56. The maximum atomic E-state index is 5.80. The Balaban J connectivity index is 2.37. The molecule has 14 heavy (non-hydrogen) atoms. The van der Waals surface area contributed by atoms with Gasteiger partial charge in [0.15, 0.2) is 5.79 Å². The predicted molar refractivity (Wildman–Crippen MR) is 58.2 cm³/mol. The highest BCUT2D eigenvalue weighted by atomic mass is 16.7. The molecule has 1 saturated heterocycles. The first-order valence-corrected chi connectivity index (χ1v) is 5.47. The minimum atomic E-state index is -0.358. The lowest BCUT2D eigenvalue weighted by molar-refractivity contribution is -0.282. The molecule has 0 radical (unpaired) electrons. The van der Waals surface area contributed by atoms with Gasteiger partial charge in [-0.3, -0.25) is 0 Å². The summed E-state index contributed by atoms with van der Waals surface area (Å²) in [5.41, 5.74) is 1.36. The molecule has 0 spiro atoms. The van der Waals surface area contributed by atoms with E-state index in [-0.39, 0.29) is 5.79 Å². The van der Waals surface area contributed by atoms with Crippen LogP contribution in [0.1, 0.15) is 47.0 Å². The first kappa shape index (κ1) is 11.7. The van der Waals surface area contributed by atoms with Gasteiger partial charge in [0, 0.05) is 6.42 Å². The van der Waals surface area contributed by atoms with Crippen LogP contribution >= 0.6 is 0 Å². The molecule has 2 atom stereocenters. The van der Waals surface area contributed by atoms with Gasteiger partial charge in [0.1, 0.15) is 0 Å². The van der Waals surface area contributed by atoms with Crippen LogP contribution in [0.2, 0.25) is 0 Å². The predicted octanol–water partition coefficient (Wildman–Crippen LogP) is 3.27. The van der Waals surface area contributed by atoms with Crippen LogP contribution in [0, 0.1) is 0 Å². The van der Waals surface area contributed by atoms with Gasteiger partial charge in [-0.1, -0.05) is 11.6 Å². The van der Waals surface area contributed by atoms with Gasteiger partial charge in [0.25, 0.3) is 0 Å². The fourth-order valence-corrected chi connectivity index (χ4v) is 1.71. The molecule has 1 fully saturated rings. The Kier molecular flexibility index (Phi) is 4.14. The summed E-state index contributed by atoms with van der Waals surface area (Å²) in [6.45, 7) is 9.22. The number of allylic oxidation sites excluding steroid dienone is 2. The van der Waals surface area contributed by atoms with Gasteiger partial charge < -0.3 is 9.47 Å². The van der Waals surface area contributed by atoms with Crippen molar-refractivity contribution in [2.45, 2.75) is 58.8 Å². The largest absolute Gasteiger partial charge is 0.350 e. The molecular weight excluding hydrogens is 176 g/mol. The van der Waals surface area contributed by atoms with Gasteiger partial charge in [-0.2, -0.15) is 0 Å². The lowest BCUT2D eigenvalue weighted by Gasteiger charge is -2.37. The fraction of sp³-hybridized carbons (Fsp3) is 0.833. The van der Waals surface area contributed by atoms with Crippen molar-refractivity contribution in [2.24, 2.45) is 0 Å². The third-order valence-electron chi connectivity index (χ3n) is 2.53. The van der Waals surface area contributed by atoms with E-state index in [0.29, 0.717) is 6.10 Å². The monoisotopic (exact) mass is 198 g/mol. The average Bonchev–Trinajstić information content (AvgIpc) is 2.01. The lowest BCUT2D eigenvalue weighted by atomic mass is 10.1. The second-order valence-corrected chi connectivity index (χ2v) is 4.52. The fourth-order valence-electron chi connectivity index (χ4n) is 1.71. The van der Waals surface area contributed by atoms with E-state index in [4.69, 9.17) is 9.47 Å². The molecule has 1 aliphatic heterocycles. The van der Waals surface area contributed by atoms with E-state index in [9.17, 15) is 0 Å². The summed E-state index contributed by atoms with van der Waals surface area (Å²) >= 11 is 0. The molecule has 1 heterocycles. The van der Waals surface area contributed by atoms with Crippen molar-refractivity contribution < 1.29 is 9.47 Å². The van der Waals surface area contributed by atoms with Crippen molar-refractivity contribution in [3.63, 3.8) is 0 Å². The molecule has 2 heteroatoms. The van der Waals surface area contributed by atoms with Crippen molar-refractivity contribution >= 4 is 0 Å². The molecule has 2 nitrogen and oxygen atoms in total. The molecule has 0 unspecified atom stereocenters. The third kappa shape index (κ3) is 3.81. The van der Waals surface area contributed by atoms with Crippen LogP contribution in [0.5, 0.6) is 0 Å². The summed E-state index contributed by atoms with van der Waals surface area (Å²) < 4.78 is 11.5. The summed E-state index contributed by atoms with van der Waals surface area (Å²) in [5.74, 6) is -0.358. The van der Waals surface area contributed by atoms with E-state index in [2.05, 4.69) is 26.8 Å². The molecule has 0 aromatic heterocycles.